The molecule has 0 bridgehead atoms. The summed E-state index contributed by atoms with van der Waals surface area (Å²) in [6.45, 7) is 3.61. The van der Waals surface area contributed by atoms with E-state index in [1.54, 1.807) is 0 Å². The number of carbonyl (C=O) groups is 1. The van der Waals surface area contributed by atoms with Crippen molar-refractivity contribution in [3.05, 3.63) is 29.3 Å². The molecule has 1 rings (SSSR count). The average molecular weight is 222 g/mol. The summed E-state index contributed by atoms with van der Waals surface area (Å²) >= 11 is 0. The highest BCUT2D eigenvalue weighted by molar-refractivity contribution is 5.96. The minimum absolute atomic E-state index is 0.348. The molecule has 0 aromatic heterocycles. The molecule has 1 aromatic carbocycles. The summed E-state index contributed by atoms with van der Waals surface area (Å²) in [5.74, 6) is -0.355. The van der Waals surface area contributed by atoms with E-state index < -0.39 is 6.04 Å². The van der Waals surface area contributed by atoms with Crippen LogP contribution in [-0.2, 0) is 11.2 Å². The lowest BCUT2D eigenvalue weighted by Crippen LogP contribution is -2.38. The average Bonchev–Trinajstić information content (AvgIpc) is 2.30. The molecule has 0 heterocycles. The van der Waals surface area contributed by atoms with Crippen molar-refractivity contribution in [1.82, 2.24) is 0 Å². The number of nitrogens with two attached hydrogens (primary N) is 1. The van der Waals surface area contributed by atoms with Crippen LogP contribution in [0.5, 0.6) is 0 Å². The van der Waals surface area contributed by atoms with Crippen molar-refractivity contribution in [2.75, 3.05) is 11.9 Å². The highest BCUT2D eigenvalue weighted by atomic mass is 16.3. The van der Waals surface area contributed by atoms with Gasteiger partial charge in [0.2, 0.25) is 5.91 Å². The second-order valence-electron chi connectivity index (χ2n) is 3.74. The summed E-state index contributed by atoms with van der Waals surface area (Å²) in [6.07, 6.45) is 0.839. The quantitative estimate of drug-likeness (QED) is 0.706. The van der Waals surface area contributed by atoms with Crippen LogP contribution in [0.2, 0.25) is 0 Å². The zero-order valence-corrected chi connectivity index (χ0v) is 9.66. The van der Waals surface area contributed by atoms with Crippen LogP contribution in [0.1, 0.15) is 18.1 Å². The number of rotatable bonds is 4. The minimum Gasteiger partial charge on any atom is -0.394 e. The van der Waals surface area contributed by atoms with Gasteiger partial charge in [0.25, 0.3) is 0 Å². The summed E-state index contributed by atoms with van der Waals surface area (Å²) in [5.41, 5.74) is 8.31. The van der Waals surface area contributed by atoms with Crippen molar-refractivity contribution in [3.8, 4) is 0 Å². The Kier molecular flexibility index (Phi) is 4.46. The molecule has 4 N–H and O–H groups in total. The number of hydrogen-bond acceptors (Lipinski definition) is 3. The first-order valence-electron chi connectivity index (χ1n) is 5.36. The van der Waals surface area contributed by atoms with Crippen LogP contribution < -0.4 is 11.1 Å². The number of aliphatic hydroxyl groups is 1. The first-order chi connectivity index (χ1) is 7.60. The van der Waals surface area contributed by atoms with Crippen molar-refractivity contribution in [2.24, 2.45) is 5.73 Å². The number of benzene rings is 1. The van der Waals surface area contributed by atoms with Gasteiger partial charge in [0.05, 0.1) is 6.61 Å². The zero-order chi connectivity index (χ0) is 12.1. The zero-order valence-electron chi connectivity index (χ0n) is 9.66. The van der Waals surface area contributed by atoms with E-state index >= 15 is 0 Å². The van der Waals surface area contributed by atoms with Gasteiger partial charge in [0.15, 0.2) is 0 Å². The van der Waals surface area contributed by atoms with Gasteiger partial charge >= 0.3 is 0 Å². The van der Waals surface area contributed by atoms with Gasteiger partial charge in [-0.25, -0.2) is 0 Å². The monoisotopic (exact) mass is 222 g/mol. The first kappa shape index (κ1) is 12.7. The van der Waals surface area contributed by atoms with E-state index in [-0.39, 0.29) is 12.5 Å². The second kappa shape index (κ2) is 5.63. The molecule has 1 aromatic rings. The van der Waals surface area contributed by atoms with Gasteiger partial charge in [-0.2, -0.15) is 0 Å². The Hall–Kier alpha value is -1.39. The molecule has 1 amide bonds. The number of aryl methyl sites for hydroxylation is 2. The topological polar surface area (TPSA) is 75.4 Å². The van der Waals surface area contributed by atoms with Gasteiger partial charge in [-0.15, -0.1) is 0 Å². The Balaban J connectivity index is 2.92. The summed E-state index contributed by atoms with van der Waals surface area (Å²) in [6, 6.07) is 4.98. The van der Waals surface area contributed by atoms with E-state index in [4.69, 9.17) is 10.8 Å². The molecular weight excluding hydrogens is 204 g/mol. The summed E-state index contributed by atoms with van der Waals surface area (Å²) in [5, 5.41) is 11.5. The number of nitrogens with one attached hydrogen (secondary N) is 1. The molecule has 16 heavy (non-hydrogen) atoms. The summed E-state index contributed by atoms with van der Waals surface area (Å²) < 4.78 is 0. The SMILES string of the molecule is CCc1cccc(C)c1NC(=O)C(N)CO. The fraction of sp³-hybridized carbons (Fsp3) is 0.417. The van der Waals surface area contributed by atoms with Crippen LogP contribution in [-0.4, -0.2) is 23.7 Å². The highest BCUT2D eigenvalue weighted by Gasteiger charge is 2.14. The van der Waals surface area contributed by atoms with Crippen molar-refractivity contribution in [1.29, 1.82) is 0 Å². The van der Waals surface area contributed by atoms with Gasteiger partial charge in [0.1, 0.15) is 6.04 Å². The molecule has 0 radical (unpaired) electrons. The first-order valence-corrected chi connectivity index (χ1v) is 5.36. The maximum atomic E-state index is 11.6. The van der Waals surface area contributed by atoms with Crippen LogP contribution in [0, 0.1) is 6.92 Å². The molecule has 4 nitrogen and oxygen atoms in total. The lowest BCUT2D eigenvalue weighted by molar-refractivity contribution is -0.118. The van der Waals surface area contributed by atoms with Gasteiger partial charge in [-0.05, 0) is 24.5 Å². The Labute approximate surface area is 95.5 Å². The molecule has 0 aliphatic rings. The number of carbonyl (C=O) groups excluding carboxylic acids is 1. The maximum absolute atomic E-state index is 11.6. The van der Waals surface area contributed by atoms with Gasteiger partial charge < -0.3 is 16.2 Å². The molecule has 0 spiro atoms. The van der Waals surface area contributed by atoms with Crippen molar-refractivity contribution >= 4 is 11.6 Å². The maximum Gasteiger partial charge on any atom is 0.243 e. The van der Waals surface area contributed by atoms with Crippen LogP contribution >= 0.6 is 0 Å². The molecule has 0 aliphatic carbocycles. The second-order valence-corrected chi connectivity index (χ2v) is 3.74. The van der Waals surface area contributed by atoms with Crippen molar-refractivity contribution in [3.63, 3.8) is 0 Å². The molecule has 4 heteroatoms. The van der Waals surface area contributed by atoms with Gasteiger partial charge in [0, 0.05) is 5.69 Å². The largest absolute Gasteiger partial charge is 0.394 e. The Morgan fingerprint density at radius 3 is 2.81 bits per heavy atom. The lowest BCUT2D eigenvalue weighted by Gasteiger charge is -2.15. The molecule has 1 atom stereocenters. The van der Waals surface area contributed by atoms with E-state index in [1.807, 2.05) is 32.0 Å². The van der Waals surface area contributed by atoms with Crippen LogP contribution in [0.3, 0.4) is 0 Å². The molecule has 0 fully saturated rings. The smallest absolute Gasteiger partial charge is 0.243 e. The number of amides is 1. The van der Waals surface area contributed by atoms with E-state index in [9.17, 15) is 4.79 Å². The molecular formula is C12H18N2O2. The van der Waals surface area contributed by atoms with Crippen molar-refractivity contribution in [2.45, 2.75) is 26.3 Å². The Bertz CT molecular complexity index is 377. The van der Waals surface area contributed by atoms with E-state index in [0.29, 0.717) is 0 Å². The molecule has 88 valence electrons. The third-order valence-corrected chi connectivity index (χ3v) is 2.52. The minimum atomic E-state index is -0.871. The number of hydrogen-bond donors (Lipinski definition) is 3. The number of anilines is 1. The fourth-order valence-electron chi connectivity index (χ4n) is 1.50. The van der Waals surface area contributed by atoms with Crippen LogP contribution in [0.4, 0.5) is 5.69 Å². The van der Waals surface area contributed by atoms with Gasteiger partial charge in [-0.1, -0.05) is 25.1 Å². The molecule has 1 unspecified atom stereocenters. The third-order valence-electron chi connectivity index (χ3n) is 2.52. The Morgan fingerprint density at radius 1 is 1.56 bits per heavy atom. The summed E-state index contributed by atoms with van der Waals surface area (Å²) in [4.78, 5) is 11.6. The van der Waals surface area contributed by atoms with E-state index in [2.05, 4.69) is 5.32 Å². The lowest BCUT2D eigenvalue weighted by atomic mass is 10.1. The van der Waals surface area contributed by atoms with Crippen molar-refractivity contribution < 1.29 is 9.90 Å². The number of para-hydroxylation sites is 1. The molecule has 0 saturated carbocycles. The van der Waals surface area contributed by atoms with Crippen LogP contribution in [0.25, 0.3) is 0 Å². The van der Waals surface area contributed by atoms with Crippen LogP contribution in [0.15, 0.2) is 18.2 Å². The summed E-state index contributed by atoms with van der Waals surface area (Å²) in [7, 11) is 0. The van der Waals surface area contributed by atoms with Gasteiger partial charge in [-0.3, -0.25) is 4.79 Å². The Morgan fingerprint density at radius 2 is 2.25 bits per heavy atom. The number of aliphatic hydroxyl groups excluding tert-OH is 1. The predicted octanol–water partition coefficient (Wildman–Crippen LogP) is 0.816. The predicted molar refractivity (Wildman–Crippen MR) is 64.2 cm³/mol. The standard InChI is InChI=1S/C12H18N2O2/c1-3-9-6-4-5-8(2)11(9)14-12(16)10(13)7-15/h4-6,10,15H,3,7,13H2,1-2H3,(H,14,16). The fourth-order valence-corrected chi connectivity index (χ4v) is 1.50. The third kappa shape index (κ3) is 2.81. The van der Waals surface area contributed by atoms with E-state index in [0.717, 1.165) is 23.2 Å². The molecule has 0 saturated heterocycles. The highest BCUT2D eigenvalue weighted by Crippen LogP contribution is 2.20. The normalized spacial score (nSPS) is 12.2. The molecule has 0 aliphatic heterocycles. The van der Waals surface area contributed by atoms with E-state index in [1.165, 1.54) is 0 Å².